The molecule has 3 N–H and O–H groups in total. The van der Waals surface area contributed by atoms with E-state index in [1.165, 1.54) is 13.2 Å². The maximum Gasteiger partial charge on any atom is 0.252 e. The first kappa shape index (κ1) is 16.4. The quantitative estimate of drug-likeness (QED) is 0.758. The fraction of sp³-hybridized carbons (Fsp3) is 0.300. The molecule has 0 radical (unpaired) electrons. The SMILES string of the molecule is COCCNC(=O)c1cc(S(N)(=O)=O)c(Br)cc1Cl. The van der Waals surface area contributed by atoms with Crippen LogP contribution in [0, 0.1) is 0 Å². The lowest BCUT2D eigenvalue weighted by molar-refractivity contribution is 0.0937. The van der Waals surface area contributed by atoms with Gasteiger partial charge in [-0.2, -0.15) is 0 Å². The second-order valence-electron chi connectivity index (χ2n) is 3.56. The van der Waals surface area contributed by atoms with Crippen LogP contribution in [0.5, 0.6) is 0 Å². The van der Waals surface area contributed by atoms with Crippen LogP contribution < -0.4 is 10.5 Å². The molecule has 0 aliphatic rings. The van der Waals surface area contributed by atoms with E-state index in [1.807, 2.05) is 0 Å². The predicted octanol–water partition coefficient (Wildman–Crippen LogP) is 1.13. The number of ether oxygens (including phenoxy) is 1. The zero-order valence-corrected chi connectivity index (χ0v) is 13.1. The van der Waals surface area contributed by atoms with Crippen LogP contribution in [0.4, 0.5) is 0 Å². The number of methoxy groups -OCH3 is 1. The summed E-state index contributed by atoms with van der Waals surface area (Å²) in [6, 6.07) is 2.44. The summed E-state index contributed by atoms with van der Waals surface area (Å²) in [5, 5.41) is 7.70. The molecule has 6 nitrogen and oxygen atoms in total. The Morgan fingerprint density at radius 3 is 2.68 bits per heavy atom. The number of carbonyl (C=O) groups excluding carboxylic acids is 1. The third kappa shape index (κ3) is 4.43. The number of hydrogen-bond donors (Lipinski definition) is 2. The van der Waals surface area contributed by atoms with E-state index in [0.717, 1.165) is 6.07 Å². The van der Waals surface area contributed by atoms with Crippen LogP contribution in [0.2, 0.25) is 5.02 Å². The molecule has 0 saturated carbocycles. The van der Waals surface area contributed by atoms with E-state index in [9.17, 15) is 13.2 Å². The van der Waals surface area contributed by atoms with Gasteiger partial charge in [0.15, 0.2) is 0 Å². The van der Waals surface area contributed by atoms with Crippen molar-refractivity contribution in [2.75, 3.05) is 20.3 Å². The molecule has 1 aromatic carbocycles. The van der Waals surface area contributed by atoms with Gasteiger partial charge in [-0.15, -0.1) is 0 Å². The van der Waals surface area contributed by atoms with E-state index >= 15 is 0 Å². The van der Waals surface area contributed by atoms with Gasteiger partial charge in [-0.05, 0) is 28.1 Å². The summed E-state index contributed by atoms with van der Waals surface area (Å²) in [5.41, 5.74) is 0.0324. The van der Waals surface area contributed by atoms with Crippen molar-refractivity contribution in [1.29, 1.82) is 0 Å². The number of sulfonamides is 1. The molecule has 0 aliphatic heterocycles. The summed E-state index contributed by atoms with van der Waals surface area (Å²) < 4.78 is 27.7. The summed E-state index contributed by atoms with van der Waals surface area (Å²) in [5.74, 6) is -0.501. The van der Waals surface area contributed by atoms with E-state index < -0.39 is 15.9 Å². The second kappa shape index (κ2) is 6.67. The fourth-order valence-electron chi connectivity index (χ4n) is 1.28. The molecule has 0 heterocycles. The Morgan fingerprint density at radius 2 is 2.16 bits per heavy atom. The van der Waals surface area contributed by atoms with Gasteiger partial charge < -0.3 is 10.1 Å². The minimum atomic E-state index is -3.94. The van der Waals surface area contributed by atoms with Crippen molar-refractivity contribution < 1.29 is 17.9 Å². The Morgan fingerprint density at radius 1 is 1.53 bits per heavy atom. The number of carbonyl (C=O) groups is 1. The van der Waals surface area contributed by atoms with Crippen LogP contribution in [0.3, 0.4) is 0 Å². The van der Waals surface area contributed by atoms with Gasteiger partial charge in [0.2, 0.25) is 10.0 Å². The topological polar surface area (TPSA) is 98.5 Å². The van der Waals surface area contributed by atoms with Crippen LogP contribution >= 0.6 is 27.5 Å². The van der Waals surface area contributed by atoms with Crippen molar-refractivity contribution in [2.45, 2.75) is 4.90 Å². The molecule has 0 unspecified atom stereocenters. The van der Waals surface area contributed by atoms with Crippen LogP contribution in [0.25, 0.3) is 0 Å². The normalized spacial score (nSPS) is 11.4. The Kier molecular flexibility index (Phi) is 5.75. The molecular weight excluding hydrogens is 360 g/mol. The zero-order chi connectivity index (χ0) is 14.6. The first-order chi connectivity index (χ1) is 8.77. The Balaban J connectivity index is 3.11. The van der Waals surface area contributed by atoms with Gasteiger partial charge in [0.25, 0.3) is 5.91 Å². The molecule has 0 bridgehead atoms. The molecule has 1 aromatic rings. The van der Waals surface area contributed by atoms with E-state index in [-0.39, 0.29) is 26.5 Å². The van der Waals surface area contributed by atoms with Crippen molar-refractivity contribution in [3.63, 3.8) is 0 Å². The predicted molar refractivity (Wildman–Crippen MR) is 74.7 cm³/mol. The van der Waals surface area contributed by atoms with E-state index in [0.29, 0.717) is 6.61 Å². The molecule has 0 aromatic heterocycles. The van der Waals surface area contributed by atoms with Gasteiger partial charge in [0.05, 0.1) is 22.1 Å². The highest BCUT2D eigenvalue weighted by atomic mass is 79.9. The van der Waals surface area contributed by atoms with Crippen molar-refractivity contribution in [3.05, 3.63) is 27.2 Å². The Labute approximate surface area is 124 Å². The van der Waals surface area contributed by atoms with Crippen molar-refractivity contribution in [1.82, 2.24) is 5.32 Å². The second-order valence-corrected chi connectivity index (χ2v) is 6.35. The first-order valence-electron chi connectivity index (χ1n) is 5.06. The maximum atomic E-state index is 11.8. The number of nitrogens with one attached hydrogen (secondary N) is 1. The molecular formula is C10H12BrClN2O4S. The van der Waals surface area contributed by atoms with Crippen molar-refractivity contribution in [3.8, 4) is 0 Å². The largest absolute Gasteiger partial charge is 0.383 e. The minimum Gasteiger partial charge on any atom is -0.383 e. The monoisotopic (exact) mass is 370 g/mol. The number of rotatable bonds is 5. The number of nitrogens with two attached hydrogens (primary N) is 1. The molecule has 0 saturated heterocycles. The smallest absolute Gasteiger partial charge is 0.252 e. The molecule has 0 atom stereocenters. The lowest BCUT2D eigenvalue weighted by Gasteiger charge is -2.09. The third-order valence-electron chi connectivity index (χ3n) is 2.16. The number of halogens is 2. The summed E-state index contributed by atoms with van der Waals surface area (Å²) in [4.78, 5) is 11.6. The number of primary sulfonamides is 1. The lowest BCUT2D eigenvalue weighted by Crippen LogP contribution is -2.27. The van der Waals surface area contributed by atoms with Crippen LogP contribution in [-0.4, -0.2) is 34.6 Å². The van der Waals surface area contributed by atoms with Gasteiger partial charge in [0.1, 0.15) is 0 Å². The molecule has 1 rings (SSSR count). The third-order valence-corrected chi connectivity index (χ3v) is 4.35. The average molecular weight is 372 g/mol. The van der Waals surface area contributed by atoms with E-state index in [1.54, 1.807) is 0 Å². The van der Waals surface area contributed by atoms with E-state index in [4.69, 9.17) is 21.5 Å². The molecule has 0 spiro atoms. The molecule has 0 fully saturated rings. The maximum absolute atomic E-state index is 11.8. The van der Waals surface area contributed by atoms with Gasteiger partial charge in [0, 0.05) is 18.1 Å². The molecule has 19 heavy (non-hydrogen) atoms. The summed E-state index contributed by atoms with van der Waals surface area (Å²) >= 11 is 8.94. The number of hydrogen-bond acceptors (Lipinski definition) is 4. The molecule has 1 amide bonds. The summed E-state index contributed by atoms with van der Waals surface area (Å²) in [6.45, 7) is 0.619. The fourth-order valence-corrected chi connectivity index (χ4v) is 3.30. The van der Waals surface area contributed by atoms with Gasteiger partial charge in [-0.1, -0.05) is 11.6 Å². The van der Waals surface area contributed by atoms with Gasteiger partial charge in [-0.3, -0.25) is 4.79 Å². The highest BCUT2D eigenvalue weighted by Gasteiger charge is 2.19. The Hall–Kier alpha value is -0.670. The lowest BCUT2D eigenvalue weighted by atomic mass is 10.2. The highest BCUT2D eigenvalue weighted by Crippen LogP contribution is 2.28. The van der Waals surface area contributed by atoms with E-state index in [2.05, 4.69) is 21.2 Å². The summed E-state index contributed by atoms with van der Waals surface area (Å²) in [7, 11) is -2.44. The average Bonchev–Trinajstić information content (AvgIpc) is 2.27. The first-order valence-corrected chi connectivity index (χ1v) is 7.78. The van der Waals surface area contributed by atoms with Crippen LogP contribution in [-0.2, 0) is 14.8 Å². The van der Waals surface area contributed by atoms with Gasteiger partial charge >= 0.3 is 0 Å². The molecule has 0 aliphatic carbocycles. The van der Waals surface area contributed by atoms with Gasteiger partial charge in [-0.25, -0.2) is 13.6 Å². The van der Waals surface area contributed by atoms with Crippen molar-refractivity contribution in [2.24, 2.45) is 5.14 Å². The van der Waals surface area contributed by atoms with Crippen molar-refractivity contribution >= 4 is 43.5 Å². The van der Waals surface area contributed by atoms with Crippen LogP contribution in [0.1, 0.15) is 10.4 Å². The summed E-state index contributed by atoms with van der Waals surface area (Å²) in [6.07, 6.45) is 0. The number of benzene rings is 1. The van der Waals surface area contributed by atoms with Crippen LogP contribution in [0.15, 0.2) is 21.5 Å². The minimum absolute atomic E-state index is 0.0324. The standard InChI is InChI=1S/C10H12BrClN2O4S/c1-18-3-2-14-10(15)6-4-9(19(13,16)17)7(11)5-8(6)12/h4-5H,2-3H2,1H3,(H,14,15)(H2,13,16,17). The molecule has 106 valence electrons. The number of amides is 1. The highest BCUT2D eigenvalue weighted by molar-refractivity contribution is 9.10. The zero-order valence-electron chi connectivity index (χ0n) is 9.94. The Bertz CT molecular complexity index is 591. The molecule has 9 heteroatoms.